The molecular weight excluding hydrogens is 226 g/mol. The normalized spacial score (nSPS) is 14.3. The molecular formula is C11H15NO5. The van der Waals surface area contributed by atoms with Crippen LogP contribution in [0.1, 0.15) is 28.4 Å². The fraction of sp³-hybridized carbons (Fsp3) is 0.364. The van der Waals surface area contributed by atoms with Crippen LogP contribution in [-0.2, 0) is 0 Å². The zero-order valence-electron chi connectivity index (χ0n) is 9.08. The summed E-state index contributed by atoms with van der Waals surface area (Å²) in [6, 6.07) is 4.18. The lowest BCUT2D eigenvalue weighted by Crippen LogP contribution is -2.21. The number of anilines is 1. The number of aliphatic hydroxyl groups is 3. The number of hydrogen-bond donors (Lipinski definition) is 5. The van der Waals surface area contributed by atoms with Crippen LogP contribution in [0.4, 0.5) is 5.69 Å². The molecule has 6 nitrogen and oxygen atoms in total. The summed E-state index contributed by atoms with van der Waals surface area (Å²) in [5.41, 5.74) is 5.54. The third-order valence-electron chi connectivity index (χ3n) is 2.48. The van der Waals surface area contributed by atoms with E-state index in [4.69, 9.17) is 15.9 Å². The summed E-state index contributed by atoms with van der Waals surface area (Å²) >= 11 is 0. The Morgan fingerprint density at radius 3 is 2.53 bits per heavy atom. The number of aromatic carboxylic acids is 1. The summed E-state index contributed by atoms with van der Waals surface area (Å²) < 4.78 is 0. The van der Waals surface area contributed by atoms with E-state index in [-0.39, 0.29) is 29.8 Å². The van der Waals surface area contributed by atoms with E-state index in [9.17, 15) is 15.0 Å². The minimum absolute atomic E-state index is 0.0160. The third kappa shape index (κ3) is 2.94. The van der Waals surface area contributed by atoms with E-state index in [1.807, 2.05) is 0 Å². The highest BCUT2D eigenvalue weighted by Gasteiger charge is 2.22. The summed E-state index contributed by atoms with van der Waals surface area (Å²) in [7, 11) is 0. The van der Waals surface area contributed by atoms with Crippen molar-refractivity contribution in [1.29, 1.82) is 0 Å². The Balaban J connectivity index is 3.06. The molecule has 0 fully saturated rings. The third-order valence-corrected chi connectivity index (χ3v) is 2.48. The Morgan fingerprint density at radius 2 is 2.00 bits per heavy atom. The van der Waals surface area contributed by atoms with Gasteiger partial charge in [0.2, 0.25) is 0 Å². The van der Waals surface area contributed by atoms with Gasteiger partial charge in [-0.25, -0.2) is 4.79 Å². The van der Waals surface area contributed by atoms with Crippen molar-refractivity contribution in [2.24, 2.45) is 0 Å². The fourth-order valence-electron chi connectivity index (χ4n) is 1.52. The van der Waals surface area contributed by atoms with E-state index in [2.05, 4.69) is 0 Å². The maximum Gasteiger partial charge on any atom is 0.337 e. The second kappa shape index (κ2) is 5.62. The van der Waals surface area contributed by atoms with Gasteiger partial charge in [-0.2, -0.15) is 0 Å². The van der Waals surface area contributed by atoms with Crippen molar-refractivity contribution in [1.82, 2.24) is 0 Å². The van der Waals surface area contributed by atoms with Crippen LogP contribution < -0.4 is 5.73 Å². The van der Waals surface area contributed by atoms with Crippen LogP contribution in [0.5, 0.6) is 0 Å². The first kappa shape index (κ1) is 13.4. The van der Waals surface area contributed by atoms with Gasteiger partial charge >= 0.3 is 5.97 Å². The molecule has 1 aromatic carbocycles. The molecule has 6 heteroatoms. The number of nitrogens with two attached hydrogens (primary N) is 1. The van der Waals surface area contributed by atoms with Crippen LogP contribution in [-0.4, -0.2) is 39.1 Å². The van der Waals surface area contributed by atoms with Crippen LogP contribution in [0.15, 0.2) is 18.2 Å². The first-order chi connectivity index (χ1) is 7.99. The van der Waals surface area contributed by atoms with E-state index in [1.165, 1.54) is 18.2 Å². The molecule has 0 aliphatic heterocycles. The van der Waals surface area contributed by atoms with Crippen LogP contribution in [0.3, 0.4) is 0 Å². The van der Waals surface area contributed by atoms with Gasteiger partial charge in [0, 0.05) is 12.2 Å². The monoisotopic (exact) mass is 241 g/mol. The quantitative estimate of drug-likeness (QED) is 0.452. The minimum Gasteiger partial charge on any atom is -0.478 e. The van der Waals surface area contributed by atoms with Crippen molar-refractivity contribution in [3.63, 3.8) is 0 Å². The number of carbonyl (C=O) groups is 1. The maximum atomic E-state index is 10.8. The lowest BCUT2D eigenvalue weighted by atomic mass is 9.98. The largest absolute Gasteiger partial charge is 0.478 e. The first-order valence-corrected chi connectivity index (χ1v) is 5.07. The van der Waals surface area contributed by atoms with E-state index in [0.717, 1.165) is 0 Å². The lowest BCUT2D eigenvalue weighted by Gasteiger charge is -2.19. The van der Waals surface area contributed by atoms with Crippen LogP contribution >= 0.6 is 0 Å². The van der Waals surface area contributed by atoms with E-state index in [1.54, 1.807) is 0 Å². The van der Waals surface area contributed by atoms with Gasteiger partial charge in [0.15, 0.2) is 0 Å². The molecule has 6 N–H and O–H groups in total. The van der Waals surface area contributed by atoms with Crippen molar-refractivity contribution in [3.05, 3.63) is 29.3 Å². The van der Waals surface area contributed by atoms with Gasteiger partial charge in [-0.3, -0.25) is 0 Å². The van der Waals surface area contributed by atoms with Crippen molar-refractivity contribution in [2.75, 3.05) is 12.3 Å². The maximum absolute atomic E-state index is 10.8. The molecule has 1 rings (SSSR count). The molecule has 0 radical (unpaired) electrons. The van der Waals surface area contributed by atoms with E-state index >= 15 is 0 Å². The zero-order valence-corrected chi connectivity index (χ0v) is 9.08. The second-order valence-electron chi connectivity index (χ2n) is 3.64. The number of carboxylic acids is 1. The summed E-state index contributed by atoms with van der Waals surface area (Å²) in [5.74, 6) is -1.20. The summed E-state index contributed by atoms with van der Waals surface area (Å²) in [5, 5.41) is 36.8. The van der Waals surface area contributed by atoms with Gasteiger partial charge in [-0.15, -0.1) is 0 Å². The number of rotatable bonds is 5. The lowest BCUT2D eigenvalue weighted by molar-refractivity contribution is 0.00455. The average molecular weight is 241 g/mol. The van der Waals surface area contributed by atoms with Gasteiger partial charge in [0.05, 0.1) is 17.4 Å². The van der Waals surface area contributed by atoms with Gasteiger partial charge in [0.25, 0.3) is 0 Å². The zero-order chi connectivity index (χ0) is 13.0. The SMILES string of the molecule is Nc1c(C(=O)O)cccc1C(O)C(O)CCO. The Morgan fingerprint density at radius 1 is 1.35 bits per heavy atom. The van der Waals surface area contributed by atoms with Crippen LogP contribution in [0.2, 0.25) is 0 Å². The van der Waals surface area contributed by atoms with Gasteiger partial charge in [-0.1, -0.05) is 12.1 Å². The molecule has 0 spiro atoms. The van der Waals surface area contributed by atoms with Gasteiger partial charge in [-0.05, 0) is 12.5 Å². The first-order valence-electron chi connectivity index (χ1n) is 5.07. The van der Waals surface area contributed by atoms with Crippen molar-refractivity contribution >= 4 is 11.7 Å². The Hall–Kier alpha value is -1.63. The molecule has 1 aromatic rings. The number of para-hydroxylation sites is 1. The predicted octanol–water partition coefficient (Wildman–Crippen LogP) is -0.256. The summed E-state index contributed by atoms with van der Waals surface area (Å²) in [6.07, 6.45) is -2.52. The number of carboxylic acid groups (broad SMARTS) is 1. The van der Waals surface area contributed by atoms with Crippen molar-refractivity contribution in [2.45, 2.75) is 18.6 Å². The molecule has 0 aromatic heterocycles. The number of nitrogen functional groups attached to an aromatic ring is 1. The summed E-state index contributed by atoms with van der Waals surface area (Å²) in [4.78, 5) is 10.8. The molecule has 2 atom stereocenters. The molecule has 0 aliphatic carbocycles. The minimum atomic E-state index is -1.32. The van der Waals surface area contributed by atoms with Crippen LogP contribution in [0, 0.1) is 0 Å². The molecule has 0 saturated heterocycles. The molecule has 0 bridgehead atoms. The van der Waals surface area contributed by atoms with Crippen molar-refractivity contribution in [3.8, 4) is 0 Å². The highest BCUT2D eigenvalue weighted by atomic mass is 16.4. The molecule has 0 heterocycles. The van der Waals surface area contributed by atoms with Gasteiger partial charge < -0.3 is 26.2 Å². The molecule has 94 valence electrons. The average Bonchev–Trinajstić information content (AvgIpc) is 2.28. The Kier molecular flexibility index (Phi) is 4.45. The second-order valence-corrected chi connectivity index (χ2v) is 3.64. The topological polar surface area (TPSA) is 124 Å². The van der Waals surface area contributed by atoms with E-state index in [0.29, 0.717) is 0 Å². The molecule has 0 aliphatic rings. The highest BCUT2D eigenvalue weighted by Crippen LogP contribution is 2.27. The number of hydrogen-bond acceptors (Lipinski definition) is 5. The van der Waals surface area contributed by atoms with Gasteiger partial charge in [0.1, 0.15) is 6.10 Å². The summed E-state index contributed by atoms with van der Waals surface area (Å²) in [6.45, 7) is -0.281. The predicted molar refractivity (Wildman–Crippen MR) is 60.5 cm³/mol. The van der Waals surface area contributed by atoms with Crippen molar-refractivity contribution < 1.29 is 25.2 Å². The molecule has 17 heavy (non-hydrogen) atoms. The Bertz CT molecular complexity index is 407. The molecule has 0 saturated carbocycles. The standard InChI is InChI=1S/C11H15NO5/c12-9-6(10(15)8(14)4-5-13)2-1-3-7(9)11(16)17/h1-3,8,10,13-15H,4-5,12H2,(H,16,17). The highest BCUT2D eigenvalue weighted by molar-refractivity contribution is 5.94. The van der Waals surface area contributed by atoms with Crippen LogP contribution in [0.25, 0.3) is 0 Å². The fourth-order valence-corrected chi connectivity index (χ4v) is 1.52. The van der Waals surface area contributed by atoms with E-state index < -0.39 is 18.2 Å². The Labute approximate surface area is 97.9 Å². The molecule has 2 unspecified atom stereocenters. The number of aliphatic hydroxyl groups excluding tert-OH is 3. The number of benzene rings is 1. The smallest absolute Gasteiger partial charge is 0.337 e. The molecule has 0 amide bonds.